The molecule has 8 heteroatoms. The van der Waals surface area contributed by atoms with E-state index in [2.05, 4.69) is 28.6 Å². The maximum Gasteiger partial charge on any atom is 0.275 e. The Hall–Kier alpha value is -1.48. The average molecular weight is 437 g/mol. The Morgan fingerprint density at radius 1 is 1.19 bits per heavy atom. The Kier molecular flexibility index (Phi) is 9.31. The third-order valence-electron chi connectivity index (χ3n) is 6.27. The minimum Gasteiger partial charge on any atom is -0.447 e. The molecule has 1 N–H and O–H groups in total. The number of rotatable bonds is 10. The molecule has 31 heavy (non-hydrogen) atoms. The van der Waals surface area contributed by atoms with E-state index in [-0.39, 0.29) is 5.91 Å². The number of ether oxygens (including phenoxy) is 1. The molecule has 8 nitrogen and oxygen atoms in total. The van der Waals surface area contributed by atoms with Gasteiger partial charge in [-0.05, 0) is 18.8 Å². The number of aromatic nitrogens is 1. The van der Waals surface area contributed by atoms with Gasteiger partial charge in [0.15, 0.2) is 5.69 Å². The van der Waals surface area contributed by atoms with E-state index in [0.717, 1.165) is 39.0 Å². The Morgan fingerprint density at radius 2 is 1.87 bits per heavy atom. The second kappa shape index (κ2) is 11.9. The largest absolute Gasteiger partial charge is 0.447 e. The molecule has 2 heterocycles. The first-order valence-corrected chi connectivity index (χ1v) is 11.8. The Balaban J connectivity index is 1.39. The highest BCUT2D eigenvalue weighted by atomic mass is 16.5. The summed E-state index contributed by atoms with van der Waals surface area (Å²) in [5.41, 5.74) is 0.409. The van der Waals surface area contributed by atoms with Gasteiger partial charge in [-0.1, -0.05) is 33.1 Å². The van der Waals surface area contributed by atoms with Crippen molar-refractivity contribution in [2.75, 3.05) is 53.0 Å². The van der Waals surface area contributed by atoms with Crippen molar-refractivity contribution in [2.24, 2.45) is 5.92 Å². The van der Waals surface area contributed by atoms with Crippen molar-refractivity contribution in [3.8, 4) is 0 Å². The predicted octanol–water partition coefficient (Wildman–Crippen LogP) is 2.23. The molecule has 2 fully saturated rings. The van der Waals surface area contributed by atoms with Crippen LogP contribution in [0.25, 0.3) is 0 Å². The van der Waals surface area contributed by atoms with Gasteiger partial charge in [-0.25, -0.2) is 4.98 Å². The Morgan fingerprint density at radius 3 is 2.55 bits per heavy atom. The van der Waals surface area contributed by atoms with Crippen LogP contribution in [-0.2, 0) is 11.3 Å². The molecule has 1 aromatic rings. The highest BCUT2D eigenvalue weighted by Gasteiger charge is 2.26. The smallest absolute Gasteiger partial charge is 0.275 e. The van der Waals surface area contributed by atoms with Gasteiger partial charge in [0.05, 0.1) is 19.3 Å². The molecule has 3 rings (SSSR count). The number of amides is 1. The third-order valence-corrected chi connectivity index (χ3v) is 6.27. The van der Waals surface area contributed by atoms with Gasteiger partial charge < -0.3 is 19.2 Å². The number of hydrogen-bond acceptors (Lipinski definition) is 7. The van der Waals surface area contributed by atoms with Crippen LogP contribution in [0.2, 0.25) is 0 Å². The van der Waals surface area contributed by atoms with Crippen LogP contribution in [0.1, 0.15) is 62.3 Å². The van der Waals surface area contributed by atoms with E-state index in [0.29, 0.717) is 49.8 Å². The number of nitrogens with zero attached hydrogens (tertiary/aromatic N) is 4. The molecule has 0 aromatic carbocycles. The molecule has 1 unspecified atom stereocenters. The lowest BCUT2D eigenvalue weighted by Crippen LogP contribution is -2.48. The second-order valence-corrected chi connectivity index (χ2v) is 9.50. The van der Waals surface area contributed by atoms with E-state index in [9.17, 15) is 9.90 Å². The molecular formula is C23H40N4O4. The summed E-state index contributed by atoms with van der Waals surface area (Å²) >= 11 is 0. The summed E-state index contributed by atoms with van der Waals surface area (Å²) in [6, 6.07) is 0.320. The van der Waals surface area contributed by atoms with Crippen LogP contribution in [0.15, 0.2) is 10.7 Å². The molecule has 1 aliphatic heterocycles. The van der Waals surface area contributed by atoms with Crippen molar-refractivity contribution in [3.05, 3.63) is 17.8 Å². The molecule has 1 aliphatic carbocycles. The fourth-order valence-electron chi connectivity index (χ4n) is 4.41. The summed E-state index contributed by atoms with van der Waals surface area (Å²) in [4.78, 5) is 23.6. The van der Waals surface area contributed by atoms with E-state index >= 15 is 0 Å². The zero-order chi connectivity index (χ0) is 22.2. The minimum absolute atomic E-state index is 0.0413. The highest BCUT2D eigenvalue weighted by molar-refractivity contribution is 5.92. The minimum atomic E-state index is -0.452. The molecular weight excluding hydrogens is 396 g/mol. The molecule has 1 atom stereocenters. The molecule has 0 radical (unpaired) electrons. The standard InChI is InChI=1S/C23H40N4O4/c1-18(2)15-30-16-20(28)13-26-9-11-27(12-10-26)14-22-24-21(17-31-22)23(29)25(3)19-7-5-4-6-8-19/h17-20,28H,4-16H2,1-3H3. The van der Waals surface area contributed by atoms with Crippen molar-refractivity contribution in [1.82, 2.24) is 19.7 Å². The highest BCUT2D eigenvalue weighted by Crippen LogP contribution is 2.23. The lowest BCUT2D eigenvalue weighted by Gasteiger charge is -2.35. The monoisotopic (exact) mass is 436 g/mol. The fourth-order valence-corrected chi connectivity index (χ4v) is 4.41. The van der Waals surface area contributed by atoms with Gasteiger partial charge in [-0.3, -0.25) is 14.6 Å². The lowest BCUT2D eigenvalue weighted by atomic mass is 9.94. The van der Waals surface area contributed by atoms with Crippen molar-refractivity contribution >= 4 is 5.91 Å². The number of aliphatic hydroxyl groups is 1. The first kappa shape index (κ1) is 24.2. The quantitative estimate of drug-likeness (QED) is 0.602. The second-order valence-electron chi connectivity index (χ2n) is 9.50. The van der Waals surface area contributed by atoms with Gasteiger partial charge in [-0.15, -0.1) is 0 Å². The maximum atomic E-state index is 12.8. The van der Waals surface area contributed by atoms with Gasteiger partial charge in [0, 0.05) is 52.4 Å². The lowest BCUT2D eigenvalue weighted by molar-refractivity contribution is -0.000850. The van der Waals surface area contributed by atoms with Gasteiger partial charge in [0.1, 0.15) is 6.26 Å². The average Bonchev–Trinajstić information content (AvgIpc) is 3.23. The molecule has 2 aliphatic rings. The van der Waals surface area contributed by atoms with Crippen molar-refractivity contribution in [2.45, 2.75) is 64.6 Å². The van der Waals surface area contributed by atoms with E-state index in [4.69, 9.17) is 9.15 Å². The molecule has 0 bridgehead atoms. The van der Waals surface area contributed by atoms with Crippen LogP contribution >= 0.6 is 0 Å². The first-order valence-electron chi connectivity index (χ1n) is 11.8. The van der Waals surface area contributed by atoms with Gasteiger partial charge in [0.25, 0.3) is 5.91 Å². The topological polar surface area (TPSA) is 82.3 Å². The molecule has 1 saturated heterocycles. The maximum absolute atomic E-state index is 12.8. The number of carbonyl (C=O) groups excluding carboxylic acids is 1. The Bertz CT molecular complexity index is 666. The zero-order valence-corrected chi connectivity index (χ0v) is 19.5. The van der Waals surface area contributed by atoms with Crippen LogP contribution in [0.5, 0.6) is 0 Å². The van der Waals surface area contributed by atoms with Crippen molar-refractivity contribution in [3.63, 3.8) is 0 Å². The van der Waals surface area contributed by atoms with Crippen LogP contribution < -0.4 is 0 Å². The van der Waals surface area contributed by atoms with Crippen molar-refractivity contribution in [1.29, 1.82) is 0 Å². The zero-order valence-electron chi connectivity index (χ0n) is 19.5. The fraction of sp³-hybridized carbons (Fsp3) is 0.826. The van der Waals surface area contributed by atoms with E-state index in [1.807, 2.05) is 11.9 Å². The van der Waals surface area contributed by atoms with Crippen LogP contribution in [0.3, 0.4) is 0 Å². The summed E-state index contributed by atoms with van der Waals surface area (Å²) in [5, 5.41) is 10.2. The van der Waals surface area contributed by atoms with Crippen LogP contribution in [0.4, 0.5) is 0 Å². The summed E-state index contributed by atoms with van der Waals surface area (Å²) in [6.45, 7) is 10.1. The molecule has 176 valence electrons. The number of aliphatic hydroxyl groups excluding tert-OH is 1. The number of β-amino-alcohol motifs (C(OH)–C–C–N with tert-alkyl or cyclic N) is 1. The van der Waals surface area contributed by atoms with Crippen molar-refractivity contribution < 1.29 is 19.1 Å². The first-order chi connectivity index (χ1) is 14.9. The summed E-state index contributed by atoms with van der Waals surface area (Å²) in [7, 11) is 1.88. The molecule has 0 spiro atoms. The van der Waals surface area contributed by atoms with Gasteiger partial charge >= 0.3 is 0 Å². The van der Waals surface area contributed by atoms with Gasteiger partial charge in [-0.2, -0.15) is 0 Å². The van der Waals surface area contributed by atoms with E-state index < -0.39 is 6.10 Å². The molecule has 1 saturated carbocycles. The number of oxazole rings is 1. The SMILES string of the molecule is CC(C)COCC(O)CN1CCN(Cc2nc(C(=O)N(C)C3CCCCC3)co2)CC1. The van der Waals surface area contributed by atoms with Crippen LogP contribution in [0, 0.1) is 5.92 Å². The number of piperazine rings is 1. The number of carbonyl (C=O) groups is 1. The molecule has 1 amide bonds. The Labute approximate surface area is 186 Å². The number of hydrogen-bond donors (Lipinski definition) is 1. The van der Waals surface area contributed by atoms with E-state index in [1.54, 1.807) is 0 Å². The predicted molar refractivity (Wildman–Crippen MR) is 119 cm³/mol. The third kappa shape index (κ3) is 7.56. The normalized spacial score (nSPS) is 20.3. The van der Waals surface area contributed by atoms with Gasteiger partial charge in [0.2, 0.25) is 5.89 Å². The van der Waals surface area contributed by atoms with E-state index in [1.165, 1.54) is 25.5 Å². The summed E-state index contributed by atoms with van der Waals surface area (Å²) < 4.78 is 11.1. The summed E-state index contributed by atoms with van der Waals surface area (Å²) in [6.07, 6.45) is 6.87. The van der Waals surface area contributed by atoms with Crippen LogP contribution in [-0.4, -0.2) is 95.8 Å². The summed E-state index contributed by atoms with van der Waals surface area (Å²) in [5.74, 6) is 1.03. The molecule has 1 aromatic heterocycles.